The van der Waals surface area contributed by atoms with Crippen molar-refractivity contribution in [2.75, 3.05) is 13.7 Å². The summed E-state index contributed by atoms with van der Waals surface area (Å²) in [7, 11) is 1.60. The zero-order chi connectivity index (χ0) is 18.0. The molecule has 0 aliphatic carbocycles. The third kappa shape index (κ3) is 3.75. The van der Waals surface area contributed by atoms with Gasteiger partial charge in [-0.15, -0.1) is 11.3 Å². The Morgan fingerprint density at radius 2 is 2.12 bits per heavy atom. The van der Waals surface area contributed by atoms with Crippen molar-refractivity contribution >= 4 is 27.9 Å². The number of non-ortho nitro benzene ring substituents is 1. The summed E-state index contributed by atoms with van der Waals surface area (Å²) in [4.78, 5) is 20.3. The van der Waals surface area contributed by atoms with Crippen LogP contribution in [-0.4, -0.2) is 34.2 Å². The Balaban J connectivity index is 2.17. The first-order valence-corrected chi connectivity index (χ1v) is 8.43. The van der Waals surface area contributed by atoms with Crippen molar-refractivity contribution < 1.29 is 14.4 Å². The van der Waals surface area contributed by atoms with E-state index in [2.05, 4.69) is 9.97 Å². The van der Waals surface area contributed by atoms with E-state index in [0.717, 1.165) is 4.88 Å². The number of rotatable bonds is 6. The Bertz CT molecular complexity index is 910. The van der Waals surface area contributed by atoms with Crippen LogP contribution in [0.5, 0.6) is 5.75 Å². The normalized spacial score (nSPS) is 11.6. The SMILES string of the molecule is COCC(C)(C)Oc1cc(-c2cncs2)nc2ccc([N+](=O)[O-])cc12. The van der Waals surface area contributed by atoms with Gasteiger partial charge in [-0.3, -0.25) is 15.1 Å². The Morgan fingerprint density at radius 3 is 2.76 bits per heavy atom. The highest BCUT2D eigenvalue weighted by Gasteiger charge is 2.23. The highest BCUT2D eigenvalue weighted by Crippen LogP contribution is 2.35. The van der Waals surface area contributed by atoms with Crippen LogP contribution in [0.4, 0.5) is 5.69 Å². The molecule has 0 saturated heterocycles. The van der Waals surface area contributed by atoms with E-state index < -0.39 is 10.5 Å². The van der Waals surface area contributed by atoms with Gasteiger partial charge in [-0.2, -0.15) is 0 Å². The van der Waals surface area contributed by atoms with Gasteiger partial charge in [-0.1, -0.05) is 0 Å². The number of aromatic nitrogens is 2. The van der Waals surface area contributed by atoms with Gasteiger partial charge >= 0.3 is 0 Å². The van der Waals surface area contributed by atoms with E-state index in [1.165, 1.54) is 23.5 Å². The van der Waals surface area contributed by atoms with E-state index in [-0.39, 0.29) is 5.69 Å². The smallest absolute Gasteiger partial charge is 0.270 e. The Kier molecular flexibility index (Phi) is 4.65. The van der Waals surface area contributed by atoms with Crippen LogP contribution in [-0.2, 0) is 4.74 Å². The molecule has 8 heteroatoms. The second-order valence-electron chi connectivity index (χ2n) is 6.12. The van der Waals surface area contributed by atoms with E-state index in [9.17, 15) is 10.1 Å². The van der Waals surface area contributed by atoms with Crippen LogP contribution in [0.3, 0.4) is 0 Å². The Labute approximate surface area is 148 Å². The van der Waals surface area contributed by atoms with E-state index in [1.54, 1.807) is 30.9 Å². The number of hydrogen-bond acceptors (Lipinski definition) is 7. The first-order valence-electron chi connectivity index (χ1n) is 7.55. The first kappa shape index (κ1) is 17.2. The molecular weight excluding hydrogens is 342 g/mol. The van der Waals surface area contributed by atoms with Crippen LogP contribution < -0.4 is 4.74 Å². The van der Waals surface area contributed by atoms with E-state index in [1.807, 2.05) is 13.8 Å². The molecule has 0 fully saturated rings. The summed E-state index contributed by atoms with van der Waals surface area (Å²) in [6.45, 7) is 4.17. The molecule has 1 aromatic carbocycles. The molecule has 2 heterocycles. The van der Waals surface area contributed by atoms with Crippen LogP contribution in [0.2, 0.25) is 0 Å². The number of ether oxygens (including phenoxy) is 2. The number of nitro groups is 1. The third-order valence-corrected chi connectivity index (χ3v) is 4.32. The number of thiazole rings is 1. The minimum Gasteiger partial charge on any atom is -0.485 e. The van der Waals surface area contributed by atoms with Gasteiger partial charge in [0.05, 0.1) is 33.1 Å². The fourth-order valence-electron chi connectivity index (χ4n) is 2.52. The molecule has 0 radical (unpaired) electrons. The van der Waals surface area contributed by atoms with Crippen molar-refractivity contribution in [1.29, 1.82) is 0 Å². The van der Waals surface area contributed by atoms with Crippen molar-refractivity contribution in [3.8, 4) is 16.3 Å². The predicted molar refractivity (Wildman–Crippen MR) is 96.1 cm³/mol. The summed E-state index contributed by atoms with van der Waals surface area (Å²) in [5.41, 5.74) is 2.46. The molecule has 7 nitrogen and oxygen atoms in total. The standard InChI is InChI=1S/C17H17N3O4S/c1-17(2,9-23-3)24-15-7-14(16-8-18-10-25-16)19-13-5-4-11(20(21)22)6-12(13)15/h4-8,10H,9H2,1-3H3. The van der Waals surface area contributed by atoms with Gasteiger partial charge in [0, 0.05) is 36.9 Å². The van der Waals surface area contributed by atoms with Crippen LogP contribution in [0, 0.1) is 10.1 Å². The first-order chi connectivity index (χ1) is 11.9. The van der Waals surface area contributed by atoms with Gasteiger partial charge in [0.2, 0.25) is 0 Å². The number of fused-ring (bicyclic) bond motifs is 1. The molecule has 0 bridgehead atoms. The highest BCUT2D eigenvalue weighted by atomic mass is 32.1. The third-order valence-electron chi connectivity index (χ3n) is 3.53. The summed E-state index contributed by atoms with van der Waals surface area (Å²) >= 11 is 1.47. The quantitative estimate of drug-likeness (QED) is 0.487. The van der Waals surface area contributed by atoms with Crippen LogP contribution in [0.15, 0.2) is 36.0 Å². The van der Waals surface area contributed by atoms with Gasteiger partial charge in [-0.05, 0) is 19.9 Å². The number of nitro benzene ring substituents is 1. The zero-order valence-electron chi connectivity index (χ0n) is 14.1. The second-order valence-corrected chi connectivity index (χ2v) is 7.01. The van der Waals surface area contributed by atoms with Crippen LogP contribution in [0.1, 0.15) is 13.8 Å². The Morgan fingerprint density at radius 1 is 1.32 bits per heavy atom. The molecule has 3 rings (SSSR count). The molecule has 0 atom stereocenters. The van der Waals surface area contributed by atoms with Gasteiger partial charge in [0.1, 0.15) is 11.4 Å². The maximum Gasteiger partial charge on any atom is 0.270 e. The lowest BCUT2D eigenvalue weighted by molar-refractivity contribution is -0.384. The molecule has 2 aromatic heterocycles. The number of pyridine rings is 1. The molecule has 0 aliphatic rings. The largest absolute Gasteiger partial charge is 0.485 e. The zero-order valence-corrected chi connectivity index (χ0v) is 14.9. The number of nitrogens with zero attached hydrogens (tertiary/aromatic N) is 3. The lowest BCUT2D eigenvalue weighted by Gasteiger charge is -2.26. The van der Waals surface area contributed by atoms with Gasteiger partial charge in [0.25, 0.3) is 5.69 Å². The van der Waals surface area contributed by atoms with Crippen LogP contribution >= 0.6 is 11.3 Å². The van der Waals surface area contributed by atoms with E-state index in [4.69, 9.17) is 9.47 Å². The molecule has 0 N–H and O–H groups in total. The summed E-state index contributed by atoms with van der Waals surface area (Å²) in [5.74, 6) is 0.527. The summed E-state index contributed by atoms with van der Waals surface area (Å²) in [5, 5.41) is 11.7. The van der Waals surface area contributed by atoms with Crippen molar-refractivity contribution in [2.24, 2.45) is 0 Å². The van der Waals surface area contributed by atoms with Crippen LogP contribution in [0.25, 0.3) is 21.5 Å². The molecule has 0 unspecified atom stereocenters. The minimum atomic E-state index is -0.599. The topological polar surface area (TPSA) is 87.4 Å². The second kappa shape index (κ2) is 6.73. The number of benzene rings is 1. The monoisotopic (exact) mass is 359 g/mol. The summed E-state index contributed by atoms with van der Waals surface area (Å²) in [6, 6.07) is 6.35. The lowest BCUT2D eigenvalue weighted by Crippen LogP contribution is -2.33. The molecule has 0 aliphatic heterocycles. The summed E-state index contributed by atoms with van der Waals surface area (Å²) in [6.07, 6.45) is 1.73. The molecule has 3 aromatic rings. The fraction of sp³-hybridized carbons (Fsp3) is 0.294. The lowest BCUT2D eigenvalue weighted by atomic mass is 10.1. The minimum absolute atomic E-state index is 0.00534. The van der Waals surface area contributed by atoms with Crippen molar-refractivity contribution in [1.82, 2.24) is 9.97 Å². The van der Waals surface area contributed by atoms with Gasteiger partial charge in [-0.25, -0.2) is 4.98 Å². The van der Waals surface area contributed by atoms with Crippen molar-refractivity contribution in [3.05, 3.63) is 46.1 Å². The molecule has 25 heavy (non-hydrogen) atoms. The Hall–Kier alpha value is -2.58. The van der Waals surface area contributed by atoms with Crippen molar-refractivity contribution in [3.63, 3.8) is 0 Å². The number of methoxy groups -OCH3 is 1. The van der Waals surface area contributed by atoms with Gasteiger partial charge in [0.15, 0.2) is 0 Å². The fourth-order valence-corrected chi connectivity index (χ4v) is 3.11. The predicted octanol–water partition coefficient (Wildman–Crippen LogP) is 4.07. The maximum absolute atomic E-state index is 11.1. The average Bonchev–Trinajstić information content (AvgIpc) is 3.08. The summed E-state index contributed by atoms with van der Waals surface area (Å²) < 4.78 is 11.3. The average molecular weight is 359 g/mol. The van der Waals surface area contributed by atoms with E-state index in [0.29, 0.717) is 29.0 Å². The van der Waals surface area contributed by atoms with Gasteiger partial charge < -0.3 is 9.47 Å². The number of hydrogen-bond donors (Lipinski definition) is 0. The van der Waals surface area contributed by atoms with E-state index >= 15 is 0 Å². The molecular formula is C17H17N3O4S. The molecule has 0 amide bonds. The molecule has 0 spiro atoms. The molecule has 0 saturated carbocycles. The molecule has 130 valence electrons. The highest BCUT2D eigenvalue weighted by molar-refractivity contribution is 7.13. The maximum atomic E-state index is 11.1. The van der Waals surface area contributed by atoms with Crippen molar-refractivity contribution in [2.45, 2.75) is 19.4 Å².